The summed E-state index contributed by atoms with van der Waals surface area (Å²) in [6.45, 7) is 1.19. The van der Waals surface area contributed by atoms with Gasteiger partial charge >= 0.3 is 0 Å². The zero-order valence-electron chi connectivity index (χ0n) is 18.2. The zero-order valence-corrected chi connectivity index (χ0v) is 18.2. The quantitative estimate of drug-likeness (QED) is 0.569. The van der Waals surface area contributed by atoms with Gasteiger partial charge in [0.15, 0.2) is 5.78 Å². The van der Waals surface area contributed by atoms with Crippen molar-refractivity contribution < 1.29 is 23.5 Å². The molecule has 1 fully saturated rings. The summed E-state index contributed by atoms with van der Waals surface area (Å²) < 4.78 is 23.5. The fourth-order valence-corrected chi connectivity index (χ4v) is 4.24. The third-order valence-corrected chi connectivity index (χ3v) is 5.97. The predicted octanol–water partition coefficient (Wildman–Crippen LogP) is 3.63. The number of rotatable bonds is 7. The Hall–Kier alpha value is -3.26. The minimum Gasteiger partial charge on any atom is -0.480 e. The molecule has 7 nitrogen and oxygen atoms in total. The van der Waals surface area contributed by atoms with Crippen LogP contribution in [0.4, 0.5) is 4.39 Å². The largest absolute Gasteiger partial charge is 0.480 e. The molecule has 1 amide bonds. The van der Waals surface area contributed by atoms with Crippen LogP contribution in [0.25, 0.3) is 11.0 Å². The number of amides is 1. The lowest BCUT2D eigenvalue weighted by Crippen LogP contribution is -2.39. The van der Waals surface area contributed by atoms with Gasteiger partial charge in [-0.1, -0.05) is 12.1 Å². The minimum atomic E-state index is -0.233. The van der Waals surface area contributed by atoms with Gasteiger partial charge < -0.3 is 19.4 Å². The van der Waals surface area contributed by atoms with Crippen LogP contribution in [-0.4, -0.2) is 60.5 Å². The highest BCUT2D eigenvalue weighted by Crippen LogP contribution is 2.28. The van der Waals surface area contributed by atoms with Crippen molar-refractivity contribution in [3.8, 4) is 5.88 Å². The molecule has 4 rings (SSSR count). The van der Waals surface area contributed by atoms with E-state index in [2.05, 4.69) is 9.97 Å². The van der Waals surface area contributed by atoms with Crippen molar-refractivity contribution >= 4 is 22.7 Å². The number of nitrogens with zero attached hydrogens (tertiary/aromatic N) is 2. The summed E-state index contributed by atoms with van der Waals surface area (Å²) in [5, 5.41) is 0.572. The van der Waals surface area contributed by atoms with Crippen LogP contribution >= 0.6 is 0 Å². The molecule has 0 spiro atoms. The number of likely N-dealkylation sites (tertiary alicyclic amines) is 1. The van der Waals surface area contributed by atoms with E-state index in [4.69, 9.17) is 9.47 Å². The Morgan fingerprint density at radius 1 is 1.16 bits per heavy atom. The Balaban J connectivity index is 1.50. The average Bonchev–Trinajstić information content (AvgIpc) is 3.23. The number of benzene rings is 1. The number of hydrogen-bond donors (Lipinski definition) is 1. The summed E-state index contributed by atoms with van der Waals surface area (Å²) in [6, 6.07) is 8.27. The number of pyridine rings is 1. The maximum absolute atomic E-state index is 13.3. The van der Waals surface area contributed by atoms with Crippen molar-refractivity contribution in [1.29, 1.82) is 0 Å². The van der Waals surface area contributed by atoms with Gasteiger partial charge in [-0.25, -0.2) is 4.39 Å². The Morgan fingerprint density at radius 3 is 2.53 bits per heavy atom. The smallest absolute Gasteiger partial charge is 0.259 e. The van der Waals surface area contributed by atoms with Gasteiger partial charge in [-0.05, 0) is 48.9 Å². The molecule has 0 radical (unpaired) electrons. The van der Waals surface area contributed by atoms with Gasteiger partial charge in [0, 0.05) is 37.3 Å². The lowest BCUT2D eigenvalue weighted by molar-refractivity contribution is 0.0686. The standard InChI is InChI=1S/C24H26FN3O4/c1-31-14-21(29)20-13-26-22-18(20)12-19(23(27-22)32-2)24(30)28-9-7-16(8-10-28)11-15-3-5-17(25)6-4-15/h3-6,12-13,16H,7-11,14H2,1-2H3,(H,26,27). The molecule has 1 N–H and O–H groups in total. The summed E-state index contributed by atoms with van der Waals surface area (Å²) in [4.78, 5) is 34.8. The van der Waals surface area contributed by atoms with Crippen molar-refractivity contribution in [2.24, 2.45) is 5.92 Å². The molecule has 0 unspecified atom stereocenters. The molecule has 0 atom stereocenters. The summed E-state index contributed by atoms with van der Waals surface area (Å²) >= 11 is 0. The van der Waals surface area contributed by atoms with Gasteiger partial charge in [0.2, 0.25) is 5.88 Å². The van der Waals surface area contributed by atoms with Crippen LogP contribution in [0.1, 0.15) is 39.1 Å². The maximum atomic E-state index is 13.3. The molecule has 168 valence electrons. The van der Waals surface area contributed by atoms with E-state index in [0.29, 0.717) is 41.2 Å². The van der Waals surface area contributed by atoms with Gasteiger partial charge in [-0.3, -0.25) is 9.59 Å². The van der Waals surface area contributed by atoms with Gasteiger partial charge in [-0.2, -0.15) is 4.98 Å². The number of aromatic nitrogens is 2. The first-order valence-corrected chi connectivity index (χ1v) is 10.6. The fourth-order valence-electron chi connectivity index (χ4n) is 4.24. The van der Waals surface area contributed by atoms with E-state index in [-0.39, 0.29) is 30.0 Å². The number of Topliss-reactive ketones (excluding diaryl/α,β-unsaturated/α-hetero) is 1. The lowest BCUT2D eigenvalue weighted by atomic mass is 9.90. The maximum Gasteiger partial charge on any atom is 0.259 e. The molecule has 0 saturated carbocycles. The summed E-state index contributed by atoms with van der Waals surface area (Å²) in [6.07, 6.45) is 4.17. The number of hydrogen-bond acceptors (Lipinski definition) is 5. The van der Waals surface area contributed by atoms with E-state index >= 15 is 0 Å². The third-order valence-electron chi connectivity index (χ3n) is 5.97. The highest BCUT2D eigenvalue weighted by molar-refractivity contribution is 6.10. The van der Waals surface area contributed by atoms with Gasteiger partial charge in [0.05, 0.1) is 7.11 Å². The van der Waals surface area contributed by atoms with Crippen LogP contribution < -0.4 is 4.74 Å². The number of ketones is 1. The number of fused-ring (bicyclic) bond motifs is 1. The van der Waals surface area contributed by atoms with Gasteiger partial charge in [-0.15, -0.1) is 0 Å². The van der Waals surface area contributed by atoms with Crippen LogP contribution in [0, 0.1) is 11.7 Å². The van der Waals surface area contributed by atoms with E-state index in [0.717, 1.165) is 24.8 Å². The first-order chi connectivity index (χ1) is 15.5. The van der Waals surface area contributed by atoms with Crippen molar-refractivity contribution in [2.45, 2.75) is 19.3 Å². The second-order valence-corrected chi connectivity index (χ2v) is 8.07. The molecule has 1 aliphatic heterocycles. The number of halogens is 1. The molecule has 1 saturated heterocycles. The molecule has 1 aromatic carbocycles. The number of carbonyl (C=O) groups is 2. The SMILES string of the molecule is COCC(=O)c1c[nH]c2nc(OC)c(C(=O)N3CCC(Cc4ccc(F)cc4)CC3)cc12. The van der Waals surface area contributed by atoms with Gasteiger partial charge in [0.25, 0.3) is 5.91 Å². The molecule has 2 aromatic heterocycles. The van der Waals surface area contributed by atoms with E-state index < -0.39 is 0 Å². The van der Waals surface area contributed by atoms with Crippen LogP contribution in [0.3, 0.4) is 0 Å². The molecule has 0 aliphatic carbocycles. The molecular weight excluding hydrogens is 413 g/mol. The molecule has 3 aromatic rings. The topological polar surface area (TPSA) is 84.5 Å². The predicted molar refractivity (Wildman–Crippen MR) is 118 cm³/mol. The van der Waals surface area contributed by atoms with E-state index in [1.807, 2.05) is 12.1 Å². The second kappa shape index (κ2) is 9.48. The Morgan fingerprint density at radius 2 is 1.88 bits per heavy atom. The molecule has 0 bridgehead atoms. The fraction of sp³-hybridized carbons (Fsp3) is 0.375. The van der Waals surface area contributed by atoms with Crippen molar-refractivity contribution in [3.05, 3.63) is 59.0 Å². The monoisotopic (exact) mass is 439 g/mol. The first-order valence-electron chi connectivity index (χ1n) is 10.6. The second-order valence-electron chi connectivity index (χ2n) is 8.07. The van der Waals surface area contributed by atoms with E-state index in [1.165, 1.54) is 26.4 Å². The summed E-state index contributed by atoms with van der Waals surface area (Å²) in [5.41, 5.74) is 2.36. The van der Waals surface area contributed by atoms with Crippen molar-refractivity contribution in [1.82, 2.24) is 14.9 Å². The van der Waals surface area contributed by atoms with Crippen molar-refractivity contribution in [3.63, 3.8) is 0 Å². The summed E-state index contributed by atoms with van der Waals surface area (Å²) in [5.74, 6) is 0.0789. The average molecular weight is 439 g/mol. The van der Waals surface area contributed by atoms with Gasteiger partial charge in [0.1, 0.15) is 23.6 Å². The lowest BCUT2D eigenvalue weighted by Gasteiger charge is -2.32. The van der Waals surface area contributed by atoms with Crippen LogP contribution in [0.2, 0.25) is 0 Å². The number of carbonyl (C=O) groups excluding carboxylic acids is 2. The van der Waals surface area contributed by atoms with E-state index in [9.17, 15) is 14.0 Å². The van der Waals surface area contributed by atoms with Crippen molar-refractivity contribution in [2.75, 3.05) is 33.9 Å². The molecular formula is C24H26FN3O4. The number of ether oxygens (including phenoxy) is 2. The normalized spacial score (nSPS) is 14.7. The van der Waals surface area contributed by atoms with Crippen LogP contribution in [0.15, 0.2) is 36.5 Å². The van der Waals surface area contributed by atoms with E-state index in [1.54, 1.807) is 17.2 Å². The zero-order chi connectivity index (χ0) is 22.7. The molecule has 32 heavy (non-hydrogen) atoms. The highest BCUT2D eigenvalue weighted by Gasteiger charge is 2.27. The molecule has 1 aliphatic rings. The molecule has 8 heteroatoms. The number of nitrogens with one attached hydrogen (secondary N) is 1. The highest BCUT2D eigenvalue weighted by atomic mass is 19.1. The minimum absolute atomic E-state index is 0.0518. The third kappa shape index (κ3) is 4.50. The number of H-pyrrole nitrogens is 1. The molecule has 3 heterocycles. The number of piperidine rings is 1. The first kappa shape index (κ1) is 22.0. The Kier molecular flexibility index (Phi) is 6.50. The Labute approximate surface area is 185 Å². The number of aromatic amines is 1. The van der Waals surface area contributed by atoms with Crippen LogP contribution in [-0.2, 0) is 11.2 Å². The summed E-state index contributed by atoms with van der Waals surface area (Å²) in [7, 11) is 2.93. The van der Waals surface area contributed by atoms with Crippen LogP contribution in [0.5, 0.6) is 5.88 Å². The Bertz CT molecular complexity index is 1120. The number of methoxy groups -OCH3 is 2.